The Hall–Kier alpha value is -6.19. The number of aromatic hydroxyl groups is 1. The lowest BCUT2D eigenvalue weighted by atomic mass is 9.49. The zero-order chi connectivity index (χ0) is 38.7. The van der Waals surface area contributed by atoms with Crippen molar-refractivity contribution in [1.82, 2.24) is 0 Å². The summed E-state index contributed by atoms with van der Waals surface area (Å²) in [5, 5.41) is 14.5. The second-order valence-corrected chi connectivity index (χ2v) is 15.2. The Labute approximate surface area is 329 Å². The molecule has 9 rings (SSSR count). The molecule has 2 aliphatic heterocycles. The monoisotopic (exact) mass is 763 g/mol. The van der Waals surface area contributed by atoms with Gasteiger partial charge in [-0.2, -0.15) is 0 Å². The molecule has 4 amide bonds. The molecule has 56 heavy (non-hydrogen) atoms. The van der Waals surface area contributed by atoms with E-state index in [1.165, 1.54) is 9.80 Å². The Morgan fingerprint density at radius 2 is 1.46 bits per heavy atom. The molecule has 0 spiro atoms. The molecule has 5 aromatic carbocycles. The molecule has 0 radical (unpaired) electrons. The Kier molecular flexibility index (Phi) is 8.77. The van der Waals surface area contributed by atoms with Gasteiger partial charge in [0.2, 0.25) is 23.6 Å². The van der Waals surface area contributed by atoms with E-state index in [2.05, 4.69) is 5.32 Å². The van der Waals surface area contributed by atoms with Crippen molar-refractivity contribution in [2.75, 3.05) is 21.7 Å². The fourth-order valence-electron chi connectivity index (χ4n) is 9.74. The number of phenolic OH excluding ortho intramolecular Hbond substituents is 1. The Morgan fingerprint density at radius 3 is 2.18 bits per heavy atom. The number of halogens is 1. The molecule has 1 saturated carbocycles. The van der Waals surface area contributed by atoms with Crippen LogP contribution in [-0.4, -0.2) is 35.3 Å². The Bertz CT molecular complexity index is 2420. The standard InChI is InChI=1S/C46H38ClN3O6/c1-2-56-39-24-27(16-23-38(39)51)41-34-21-22-35-40(44(54)49(42(35)52)32-19-17-31(18-20-32)48-30-13-7-4-8-14-30)36(34)26-37-43(53)50(33-15-9-12-29(47)25-33)45(55)46(37,41)28-10-5-3-6-11-28/h3-21,23-25,35-37,40-41,48,51H,2,22,26H2,1H3/t35-,36+,37-,40-,41-,46+/m0/s1. The maximum atomic E-state index is 15.5. The molecule has 2 N–H and O–H groups in total. The van der Waals surface area contributed by atoms with Gasteiger partial charge in [0.15, 0.2) is 11.5 Å². The number of para-hydroxylation sites is 1. The van der Waals surface area contributed by atoms with E-state index < -0.39 is 46.8 Å². The minimum Gasteiger partial charge on any atom is -0.504 e. The summed E-state index contributed by atoms with van der Waals surface area (Å²) in [4.78, 5) is 62.0. The first-order valence-electron chi connectivity index (χ1n) is 18.9. The van der Waals surface area contributed by atoms with E-state index in [0.29, 0.717) is 34.1 Å². The number of ether oxygens (including phenoxy) is 1. The molecule has 5 aromatic rings. The van der Waals surface area contributed by atoms with Gasteiger partial charge in [-0.05, 0) is 104 Å². The Morgan fingerprint density at radius 1 is 0.750 bits per heavy atom. The fourth-order valence-corrected chi connectivity index (χ4v) is 9.92. The van der Waals surface area contributed by atoms with Gasteiger partial charge in [0.1, 0.15) is 0 Å². The van der Waals surface area contributed by atoms with Crippen molar-refractivity contribution in [2.45, 2.75) is 31.1 Å². The average Bonchev–Trinajstić information content (AvgIpc) is 3.60. The number of imide groups is 2. The van der Waals surface area contributed by atoms with E-state index >= 15 is 9.59 Å². The summed E-state index contributed by atoms with van der Waals surface area (Å²) in [6.07, 6.45) is 2.48. The van der Waals surface area contributed by atoms with Crippen LogP contribution >= 0.6 is 11.6 Å². The third-order valence-corrected chi connectivity index (χ3v) is 12.2. The minimum atomic E-state index is -1.44. The molecule has 2 heterocycles. The highest BCUT2D eigenvalue weighted by atomic mass is 35.5. The highest BCUT2D eigenvalue weighted by Gasteiger charge is 2.70. The minimum absolute atomic E-state index is 0.0578. The van der Waals surface area contributed by atoms with E-state index in [4.69, 9.17) is 16.3 Å². The zero-order valence-corrected chi connectivity index (χ0v) is 31.2. The van der Waals surface area contributed by atoms with Crippen LogP contribution in [0.2, 0.25) is 5.02 Å². The topological polar surface area (TPSA) is 116 Å². The molecule has 2 saturated heterocycles. The van der Waals surface area contributed by atoms with Crippen molar-refractivity contribution in [2.24, 2.45) is 23.7 Å². The number of fused-ring (bicyclic) bond motifs is 4. The zero-order valence-electron chi connectivity index (χ0n) is 30.5. The number of allylic oxidation sites excluding steroid dienone is 2. The summed E-state index contributed by atoms with van der Waals surface area (Å²) >= 11 is 6.44. The first kappa shape index (κ1) is 35.5. The molecule has 6 atom stereocenters. The van der Waals surface area contributed by atoms with Gasteiger partial charge in [0.05, 0.1) is 41.2 Å². The number of rotatable bonds is 8. The van der Waals surface area contributed by atoms with Gasteiger partial charge < -0.3 is 15.2 Å². The molecule has 2 aliphatic carbocycles. The van der Waals surface area contributed by atoms with Gasteiger partial charge in [-0.15, -0.1) is 0 Å². The third kappa shape index (κ3) is 5.44. The number of carbonyl (C=O) groups excluding carboxylic acids is 4. The predicted octanol–water partition coefficient (Wildman–Crippen LogP) is 8.55. The van der Waals surface area contributed by atoms with Crippen molar-refractivity contribution in [3.05, 3.63) is 155 Å². The second kappa shape index (κ2) is 13.8. The fraction of sp³-hybridized carbons (Fsp3) is 0.217. The lowest BCUT2D eigenvalue weighted by molar-refractivity contribution is -0.127. The highest BCUT2D eigenvalue weighted by molar-refractivity contribution is 6.32. The van der Waals surface area contributed by atoms with Crippen molar-refractivity contribution in [3.63, 3.8) is 0 Å². The van der Waals surface area contributed by atoms with Crippen LogP contribution in [0.4, 0.5) is 22.7 Å². The van der Waals surface area contributed by atoms with Gasteiger partial charge in [-0.25, -0.2) is 4.90 Å². The van der Waals surface area contributed by atoms with Gasteiger partial charge >= 0.3 is 0 Å². The summed E-state index contributed by atoms with van der Waals surface area (Å²) in [6, 6.07) is 38.0. The third-order valence-electron chi connectivity index (χ3n) is 12.0. The van der Waals surface area contributed by atoms with Crippen LogP contribution in [0.25, 0.3) is 0 Å². The molecule has 280 valence electrons. The van der Waals surface area contributed by atoms with Crippen molar-refractivity contribution >= 4 is 58.0 Å². The average molecular weight is 764 g/mol. The van der Waals surface area contributed by atoms with Crippen LogP contribution < -0.4 is 19.9 Å². The molecule has 4 aliphatic rings. The van der Waals surface area contributed by atoms with E-state index in [0.717, 1.165) is 16.9 Å². The Balaban J connectivity index is 1.18. The van der Waals surface area contributed by atoms with Crippen molar-refractivity contribution in [3.8, 4) is 11.5 Å². The summed E-state index contributed by atoms with van der Waals surface area (Å²) in [6.45, 7) is 2.11. The van der Waals surface area contributed by atoms with Gasteiger partial charge in [-0.1, -0.05) is 83.9 Å². The van der Waals surface area contributed by atoms with Crippen LogP contribution in [0.1, 0.15) is 36.8 Å². The summed E-state index contributed by atoms with van der Waals surface area (Å²) in [5.74, 6) is -4.83. The lowest BCUT2D eigenvalue weighted by Gasteiger charge is -2.50. The van der Waals surface area contributed by atoms with Crippen molar-refractivity contribution in [1.29, 1.82) is 0 Å². The van der Waals surface area contributed by atoms with Crippen LogP contribution in [0.3, 0.4) is 0 Å². The predicted molar refractivity (Wildman–Crippen MR) is 214 cm³/mol. The molecule has 3 fully saturated rings. The molecular weight excluding hydrogens is 726 g/mol. The summed E-state index contributed by atoms with van der Waals surface area (Å²) in [7, 11) is 0. The molecule has 0 unspecified atom stereocenters. The van der Waals surface area contributed by atoms with Gasteiger partial charge in [0.25, 0.3) is 0 Å². The van der Waals surface area contributed by atoms with E-state index in [-0.39, 0.29) is 36.2 Å². The van der Waals surface area contributed by atoms with Gasteiger partial charge in [-0.3, -0.25) is 24.1 Å². The van der Waals surface area contributed by atoms with Crippen LogP contribution in [0, 0.1) is 23.7 Å². The number of carbonyl (C=O) groups is 4. The van der Waals surface area contributed by atoms with E-state index in [9.17, 15) is 14.7 Å². The number of nitrogens with one attached hydrogen (secondary N) is 1. The van der Waals surface area contributed by atoms with Crippen molar-refractivity contribution < 1.29 is 29.0 Å². The molecular formula is C46H38ClN3O6. The number of benzene rings is 5. The van der Waals surface area contributed by atoms with E-state index in [1.807, 2.05) is 85.8 Å². The maximum absolute atomic E-state index is 15.5. The number of amides is 4. The number of hydrogen-bond donors (Lipinski definition) is 2. The van der Waals surface area contributed by atoms with Crippen LogP contribution in [-0.2, 0) is 24.6 Å². The second-order valence-electron chi connectivity index (χ2n) is 14.8. The van der Waals surface area contributed by atoms with Crippen LogP contribution in [0.15, 0.2) is 139 Å². The largest absolute Gasteiger partial charge is 0.504 e. The van der Waals surface area contributed by atoms with Gasteiger partial charge in [0, 0.05) is 22.3 Å². The molecule has 9 nitrogen and oxygen atoms in total. The SMILES string of the molecule is CCOc1cc([C@H]2C3=CC[C@@H]4C(=O)N(c5ccc(Nc6ccccc6)cc5)C(=O)[C@@H]4[C@@H]3C[C@H]3C(=O)N(c4cccc(Cl)c4)C(=O)[C@@]23c2ccccc2)ccc1O. The number of hydrogen-bond acceptors (Lipinski definition) is 7. The number of phenols is 1. The molecule has 0 aromatic heterocycles. The first-order chi connectivity index (χ1) is 27.2. The highest BCUT2D eigenvalue weighted by Crippen LogP contribution is 2.65. The lowest BCUT2D eigenvalue weighted by Crippen LogP contribution is -2.53. The number of anilines is 4. The summed E-state index contributed by atoms with van der Waals surface area (Å²) < 4.78 is 5.85. The molecule has 10 heteroatoms. The normalized spacial score (nSPS) is 25.4. The smallest absolute Gasteiger partial charge is 0.246 e. The molecule has 0 bridgehead atoms. The van der Waals surface area contributed by atoms with E-state index in [1.54, 1.807) is 54.6 Å². The summed E-state index contributed by atoms with van der Waals surface area (Å²) in [5.41, 5.74) is 3.23. The number of nitrogens with zero attached hydrogens (tertiary/aromatic N) is 2. The first-order valence-corrected chi connectivity index (χ1v) is 19.2. The quantitative estimate of drug-likeness (QED) is 0.120. The van der Waals surface area contributed by atoms with Crippen LogP contribution in [0.5, 0.6) is 11.5 Å². The maximum Gasteiger partial charge on any atom is 0.246 e.